The Balaban J connectivity index is 1.72. The van der Waals surface area contributed by atoms with Crippen molar-refractivity contribution in [3.8, 4) is 0 Å². The molecule has 0 aliphatic rings. The summed E-state index contributed by atoms with van der Waals surface area (Å²) in [5, 5.41) is 14.5. The topological polar surface area (TPSA) is 95.5 Å². The van der Waals surface area contributed by atoms with Gasteiger partial charge in [-0.25, -0.2) is 4.79 Å². The van der Waals surface area contributed by atoms with Gasteiger partial charge in [0.2, 0.25) is 11.8 Å². The second-order valence-electron chi connectivity index (χ2n) is 6.87. The van der Waals surface area contributed by atoms with E-state index in [0.29, 0.717) is 12.1 Å². The van der Waals surface area contributed by atoms with Crippen molar-refractivity contribution in [2.45, 2.75) is 12.5 Å². The van der Waals surface area contributed by atoms with E-state index in [4.69, 9.17) is 5.11 Å². The van der Waals surface area contributed by atoms with Gasteiger partial charge in [0.15, 0.2) is 0 Å². The van der Waals surface area contributed by atoms with Crippen molar-refractivity contribution >= 4 is 29.5 Å². The van der Waals surface area contributed by atoms with E-state index >= 15 is 0 Å². The Morgan fingerprint density at radius 1 is 0.839 bits per heavy atom. The molecule has 0 aromatic heterocycles. The predicted molar refractivity (Wildman–Crippen MR) is 120 cm³/mol. The molecule has 0 aliphatic heterocycles. The zero-order chi connectivity index (χ0) is 22.1. The van der Waals surface area contributed by atoms with Crippen LogP contribution in [0.15, 0.2) is 91.0 Å². The maximum atomic E-state index is 12.9. The average molecular weight is 414 g/mol. The summed E-state index contributed by atoms with van der Waals surface area (Å²) in [5.41, 5.74) is 2.34. The van der Waals surface area contributed by atoms with Crippen LogP contribution in [-0.2, 0) is 16.0 Å². The molecule has 2 amide bonds. The molecule has 0 unspecified atom stereocenters. The molecular formula is C25H22N2O4. The lowest BCUT2D eigenvalue weighted by atomic mass is 10.0. The van der Waals surface area contributed by atoms with Crippen LogP contribution in [0.25, 0.3) is 6.08 Å². The summed E-state index contributed by atoms with van der Waals surface area (Å²) in [4.78, 5) is 36.3. The number of nitrogens with one attached hydrogen (secondary N) is 2. The first-order valence-corrected chi connectivity index (χ1v) is 9.73. The SMILES string of the molecule is O=C(/C=C\c1ccccc1)N[C@@H](Cc1ccccc1)C(=O)Nc1ccc(C(=O)O)cc1. The summed E-state index contributed by atoms with van der Waals surface area (Å²) in [6, 6.07) is 23.8. The van der Waals surface area contributed by atoms with Gasteiger partial charge in [-0.2, -0.15) is 0 Å². The quantitative estimate of drug-likeness (QED) is 0.489. The molecule has 0 heterocycles. The normalized spacial score (nSPS) is 11.6. The molecule has 0 spiro atoms. The van der Waals surface area contributed by atoms with Gasteiger partial charge in [0.25, 0.3) is 0 Å². The lowest BCUT2D eigenvalue weighted by Gasteiger charge is -2.18. The molecule has 3 rings (SSSR count). The van der Waals surface area contributed by atoms with Crippen molar-refractivity contribution in [2.24, 2.45) is 0 Å². The van der Waals surface area contributed by atoms with Gasteiger partial charge in [-0.05, 0) is 41.5 Å². The highest BCUT2D eigenvalue weighted by molar-refractivity contribution is 6.00. The minimum absolute atomic E-state index is 0.123. The maximum absolute atomic E-state index is 12.9. The van der Waals surface area contributed by atoms with Crippen LogP contribution in [-0.4, -0.2) is 28.9 Å². The van der Waals surface area contributed by atoms with E-state index in [1.807, 2.05) is 60.7 Å². The predicted octanol–water partition coefficient (Wildman–Crippen LogP) is 3.76. The van der Waals surface area contributed by atoms with Gasteiger partial charge in [-0.15, -0.1) is 0 Å². The number of carbonyl (C=O) groups excluding carboxylic acids is 2. The van der Waals surface area contributed by atoms with E-state index in [2.05, 4.69) is 10.6 Å². The van der Waals surface area contributed by atoms with Crippen LogP contribution in [0.3, 0.4) is 0 Å². The van der Waals surface area contributed by atoms with Crippen molar-refractivity contribution in [3.63, 3.8) is 0 Å². The Morgan fingerprint density at radius 2 is 1.45 bits per heavy atom. The number of hydrogen-bond acceptors (Lipinski definition) is 3. The summed E-state index contributed by atoms with van der Waals surface area (Å²) in [6.07, 6.45) is 3.38. The summed E-state index contributed by atoms with van der Waals surface area (Å²) in [7, 11) is 0. The number of benzene rings is 3. The Kier molecular flexibility index (Phi) is 7.32. The Bertz CT molecular complexity index is 1060. The van der Waals surface area contributed by atoms with Crippen molar-refractivity contribution in [1.29, 1.82) is 0 Å². The molecule has 1 atom stereocenters. The van der Waals surface area contributed by atoms with Crippen LogP contribution >= 0.6 is 0 Å². The molecule has 31 heavy (non-hydrogen) atoms. The number of rotatable bonds is 8. The fourth-order valence-corrected chi connectivity index (χ4v) is 2.94. The van der Waals surface area contributed by atoms with Gasteiger partial charge in [0.05, 0.1) is 5.56 Å². The fraction of sp³-hybridized carbons (Fsp3) is 0.0800. The molecule has 156 valence electrons. The van der Waals surface area contributed by atoms with Gasteiger partial charge in [-0.1, -0.05) is 60.7 Å². The molecule has 3 aromatic rings. The monoisotopic (exact) mass is 414 g/mol. The van der Waals surface area contributed by atoms with Crippen molar-refractivity contribution in [2.75, 3.05) is 5.32 Å². The van der Waals surface area contributed by atoms with Gasteiger partial charge >= 0.3 is 5.97 Å². The van der Waals surface area contributed by atoms with Crippen LogP contribution in [0.5, 0.6) is 0 Å². The van der Waals surface area contributed by atoms with E-state index in [1.54, 1.807) is 6.08 Å². The second-order valence-corrected chi connectivity index (χ2v) is 6.87. The molecular weight excluding hydrogens is 392 g/mol. The highest BCUT2D eigenvalue weighted by Gasteiger charge is 2.21. The molecule has 6 heteroatoms. The van der Waals surface area contributed by atoms with Crippen LogP contribution in [0.1, 0.15) is 21.5 Å². The molecule has 0 bridgehead atoms. The summed E-state index contributed by atoms with van der Waals surface area (Å²) in [5.74, 6) is -1.83. The molecule has 0 aliphatic carbocycles. The molecule has 0 saturated heterocycles. The Labute approximate surface area is 180 Å². The Morgan fingerprint density at radius 3 is 2.06 bits per heavy atom. The van der Waals surface area contributed by atoms with Crippen molar-refractivity contribution in [1.82, 2.24) is 5.32 Å². The molecule has 0 fully saturated rings. The number of carboxylic acid groups (broad SMARTS) is 1. The van der Waals surface area contributed by atoms with E-state index < -0.39 is 17.9 Å². The van der Waals surface area contributed by atoms with Gasteiger partial charge in [-0.3, -0.25) is 9.59 Å². The molecule has 6 nitrogen and oxygen atoms in total. The third-order valence-electron chi connectivity index (χ3n) is 4.54. The van der Waals surface area contributed by atoms with Crippen LogP contribution in [0.2, 0.25) is 0 Å². The number of carbonyl (C=O) groups is 3. The van der Waals surface area contributed by atoms with Crippen LogP contribution in [0.4, 0.5) is 5.69 Å². The van der Waals surface area contributed by atoms with Gasteiger partial charge < -0.3 is 15.7 Å². The van der Waals surface area contributed by atoms with E-state index in [-0.39, 0.29) is 11.5 Å². The summed E-state index contributed by atoms with van der Waals surface area (Å²) >= 11 is 0. The van der Waals surface area contributed by atoms with Crippen LogP contribution < -0.4 is 10.6 Å². The zero-order valence-corrected chi connectivity index (χ0v) is 16.7. The van der Waals surface area contributed by atoms with Crippen molar-refractivity contribution in [3.05, 3.63) is 108 Å². The van der Waals surface area contributed by atoms with Gasteiger partial charge in [0, 0.05) is 18.2 Å². The smallest absolute Gasteiger partial charge is 0.335 e. The first kappa shape index (κ1) is 21.5. The number of amides is 2. The highest BCUT2D eigenvalue weighted by atomic mass is 16.4. The van der Waals surface area contributed by atoms with E-state index in [9.17, 15) is 14.4 Å². The minimum atomic E-state index is -1.04. The fourth-order valence-electron chi connectivity index (χ4n) is 2.94. The first-order chi connectivity index (χ1) is 15.0. The van der Waals surface area contributed by atoms with E-state index in [0.717, 1.165) is 11.1 Å². The van der Waals surface area contributed by atoms with Crippen molar-refractivity contribution < 1.29 is 19.5 Å². The number of carboxylic acids is 1. The number of anilines is 1. The third kappa shape index (κ3) is 6.68. The molecule has 3 aromatic carbocycles. The largest absolute Gasteiger partial charge is 0.478 e. The first-order valence-electron chi connectivity index (χ1n) is 9.73. The van der Waals surface area contributed by atoms with E-state index in [1.165, 1.54) is 30.3 Å². The number of hydrogen-bond donors (Lipinski definition) is 3. The standard InChI is InChI=1S/C25H22N2O4/c28-23(16-11-18-7-3-1-4-8-18)27-22(17-19-9-5-2-6-10-19)24(29)26-21-14-12-20(13-15-21)25(30)31/h1-16,22H,17H2,(H,26,29)(H,27,28)(H,30,31)/b16-11-/t22-/m0/s1. The zero-order valence-electron chi connectivity index (χ0n) is 16.7. The van der Waals surface area contributed by atoms with Gasteiger partial charge in [0.1, 0.15) is 6.04 Å². The average Bonchev–Trinajstić information content (AvgIpc) is 2.79. The molecule has 3 N–H and O–H groups in total. The lowest BCUT2D eigenvalue weighted by Crippen LogP contribution is -2.44. The lowest BCUT2D eigenvalue weighted by molar-refractivity contribution is -0.123. The number of aromatic carboxylic acids is 1. The third-order valence-corrected chi connectivity index (χ3v) is 4.54. The molecule has 0 saturated carbocycles. The minimum Gasteiger partial charge on any atom is -0.478 e. The highest BCUT2D eigenvalue weighted by Crippen LogP contribution is 2.12. The summed E-state index contributed by atoms with van der Waals surface area (Å²) < 4.78 is 0. The molecule has 0 radical (unpaired) electrons. The maximum Gasteiger partial charge on any atom is 0.335 e. The second kappa shape index (κ2) is 10.5. The Hall–Kier alpha value is -4.19. The van der Waals surface area contributed by atoms with Crippen LogP contribution in [0, 0.1) is 0 Å². The summed E-state index contributed by atoms with van der Waals surface area (Å²) in [6.45, 7) is 0.